The molecule has 25 heavy (non-hydrogen) atoms. The molecule has 1 aromatic carbocycles. The van der Waals surface area contributed by atoms with Gasteiger partial charge >= 0.3 is 0 Å². The number of rotatable bonds is 8. The number of nitrogens with zero attached hydrogens (tertiary/aromatic N) is 1. The molecule has 0 spiro atoms. The Morgan fingerprint density at radius 1 is 1.12 bits per heavy atom. The number of carbonyl (C=O) groups excluding carboxylic acids is 2. The minimum absolute atomic E-state index is 0.0272. The number of carbonyl (C=O) groups is 2. The van der Waals surface area contributed by atoms with Gasteiger partial charge in [-0.25, -0.2) is 0 Å². The number of nitrogens with one attached hydrogen (secondary N) is 2. The number of hydrogen-bond acceptors (Lipinski definition) is 4. The predicted molar refractivity (Wildman–Crippen MR) is 97.6 cm³/mol. The zero-order valence-corrected chi connectivity index (χ0v) is 14.8. The van der Waals surface area contributed by atoms with Crippen LogP contribution < -0.4 is 15.5 Å². The maximum Gasteiger partial charge on any atom is 0.228 e. The van der Waals surface area contributed by atoms with Gasteiger partial charge in [0.25, 0.3) is 0 Å². The third-order valence-corrected chi connectivity index (χ3v) is 4.89. The summed E-state index contributed by atoms with van der Waals surface area (Å²) in [7, 11) is 1.64. The van der Waals surface area contributed by atoms with Gasteiger partial charge in [0.15, 0.2) is 0 Å². The van der Waals surface area contributed by atoms with Crippen molar-refractivity contribution in [3.8, 4) is 0 Å². The number of methoxy groups -OCH3 is 1. The van der Waals surface area contributed by atoms with Crippen molar-refractivity contribution in [1.82, 2.24) is 5.32 Å². The van der Waals surface area contributed by atoms with E-state index < -0.39 is 0 Å². The first-order valence-corrected chi connectivity index (χ1v) is 9.11. The minimum atomic E-state index is -0.208. The lowest BCUT2D eigenvalue weighted by molar-refractivity contribution is -0.125. The molecule has 2 aliphatic rings. The number of anilines is 2. The van der Waals surface area contributed by atoms with Crippen molar-refractivity contribution >= 4 is 23.2 Å². The molecular weight excluding hydrogens is 318 g/mol. The normalized spacial score (nSPS) is 21.9. The molecule has 0 bridgehead atoms. The van der Waals surface area contributed by atoms with Crippen LogP contribution in [0.15, 0.2) is 24.3 Å². The lowest BCUT2D eigenvalue weighted by Gasteiger charge is -2.17. The summed E-state index contributed by atoms with van der Waals surface area (Å²) in [6.45, 7) is 3.43. The standard InChI is InChI=1S/C19H27N3O3/c1-25-12-4-9-20-18(23)16-13-17(16)19(24)21-14-5-7-15(8-6-14)22-10-2-3-11-22/h5-8,16-17H,2-4,9-13H2,1H3,(H,20,23)(H,21,24). The third-order valence-electron chi connectivity index (χ3n) is 4.89. The third kappa shape index (κ3) is 4.72. The van der Waals surface area contributed by atoms with Crippen molar-refractivity contribution in [3.05, 3.63) is 24.3 Å². The van der Waals surface area contributed by atoms with Gasteiger partial charge in [0, 0.05) is 44.7 Å². The molecule has 1 aliphatic carbocycles. The van der Waals surface area contributed by atoms with Crippen molar-refractivity contribution in [2.75, 3.05) is 43.6 Å². The van der Waals surface area contributed by atoms with Gasteiger partial charge in [-0.1, -0.05) is 0 Å². The Morgan fingerprint density at radius 3 is 2.48 bits per heavy atom. The van der Waals surface area contributed by atoms with Crippen LogP contribution in [0.1, 0.15) is 25.7 Å². The van der Waals surface area contributed by atoms with Crippen LogP contribution in [-0.4, -0.2) is 45.2 Å². The Morgan fingerprint density at radius 2 is 1.80 bits per heavy atom. The van der Waals surface area contributed by atoms with Gasteiger partial charge in [0.1, 0.15) is 0 Å². The zero-order chi connectivity index (χ0) is 17.6. The summed E-state index contributed by atoms with van der Waals surface area (Å²) in [5.74, 6) is -0.487. The van der Waals surface area contributed by atoms with Gasteiger partial charge in [-0.2, -0.15) is 0 Å². The van der Waals surface area contributed by atoms with E-state index in [1.54, 1.807) is 7.11 Å². The van der Waals surface area contributed by atoms with E-state index in [4.69, 9.17) is 4.74 Å². The molecule has 2 fully saturated rings. The van der Waals surface area contributed by atoms with E-state index in [0.29, 0.717) is 19.6 Å². The smallest absolute Gasteiger partial charge is 0.228 e. The van der Waals surface area contributed by atoms with Crippen molar-refractivity contribution < 1.29 is 14.3 Å². The van der Waals surface area contributed by atoms with E-state index in [1.807, 2.05) is 24.3 Å². The van der Waals surface area contributed by atoms with Crippen LogP contribution >= 0.6 is 0 Å². The fourth-order valence-corrected chi connectivity index (χ4v) is 3.30. The first-order valence-electron chi connectivity index (χ1n) is 9.11. The quantitative estimate of drug-likeness (QED) is 0.707. The highest BCUT2D eigenvalue weighted by atomic mass is 16.5. The van der Waals surface area contributed by atoms with Crippen LogP contribution in [0.3, 0.4) is 0 Å². The molecule has 1 aliphatic heterocycles. The fraction of sp³-hybridized carbons (Fsp3) is 0.579. The van der Waals surface area contributed by atoms with Crippen molar-refractivity contribution in [1.29, 1.82) is 0 Å². The Kier molecular flexibility index (Phi) is 5.91. The Bertz CT molecular complexity index is 596. The van der Waals surface area contributed by atoms with Crippen LogP contribution in [0, 0.1) is 11.8 Å². The number of benzene rings is 1. The second-order valence-electron chi connectivity index (χ2n) is 6.82. The van der Waals surface area contributed by atoms with Gasteiger partial charge in [-0.3, -0.25) is 9.59 Å². The van der Waals surface area contributed by atoms with E-state index in [9.17, 15) is 9.59 Å². The van der Waals surface area contributed by atoms with Crippen LogP contribution in [-0.2, 0) is 14.3 Å². The molecule has 1 heterocycles. The van der Waals surface area contributed by atoms with Crippen LogP contribution in [0.25, 0.3) is 0 Å². The average Bonchev–Trinajstić information content (AvgIpc) is 3.25. The second kappa shape index (κ2) is 8.34. The highest BCUT2D eigenvalue weighted by molar-refractivity contribution is 5.99. The minimum Gasteiger partial charge on any atom is -0.385 e. The molecule has 0 radical (unpaired) electrons. The van der Waals surface area contributed by atoms with Crippen molar-refractivity contribution in [3.63, 3.8) is 0 Å². The molecule has 1 saturated heterocycles. The zero-order valence-electron chi connectivity index (χ0n) is 14.8. The van der Waals surface area contributed by atoms with Gasteiger partial charge in [0.05, 0.1) is 11.8 Å². The average molecular weight is 345 g/mol. The molecule has 2 unspecified atom stereocenters. The SMILES string of the molecule is COCCCNC(=O)C1CC1C(=O)Nc1ccc(N2CCCC2)cc1. The molecule has 6 heteroatoms. The number of amides is 2. The lowest BCUT2D eigenvalue weighted by atomic mass is 10.2. The van der Waals surface area contributed by atoms with E-state index >= 15 is 0 Å². The monoisotopic (exact) mass is 345 g/mol. The van der Waals surface area contributed by atoms with Crippen molar-refractivity contribution in [2.24, 2.45) is 11.8 Å². The molecule has 3 rings (SSSR count). The lowest BCUT2D eigenvalue weighted by Crippen LogP contribution is -2.28. The van der Waals surface area contributed by atoms with Gasteiger partial charge < -0.3 is 20.3 Å². The predicted octanol–water partition coefficient (Wildman–Crippen LogP) is 2.01. The Hall–Kier alpha value is -2.08. The molecule has 1 aromatic rings. The molecule has 6 nitrogen and oxygen atoms in total. The summed E-state index contributed by atoms with van der Waals surface area (Å²) in [5, 5.41) is 5.79. The Labute approximate surface area is 148 Å². The summed E-state index contributed by atoms with van der Waals surface area (Å²) < 4.78 is 4.95. The summed E-state index contributed by atoms with van der Waals surface area (Å²) >= 11 is 0. The molecule has 2 N–H and O–H groups in total. The molecular formula is C19H27N3O3. The highest BCUT2D eigenvalue weighted by Gasteiger charge is 2.47. The summed E-state index contributed by atoms with van der Waals surface area (Å²) in [6.07, 6.45) is 3.91. The number of hydrogen-bond donors (Lipinski definition) is 2. The summed E-state index contributed by atoms with van der Waals surface area (Å²) in [6, 6.07) is 7.98. The molecule has 1 saturated carbocycles. The van der Waals surface area contributed by atoms with E-state index in [-0.39, 0.29) is 23.7 Å². The summed E-state index contributed by atoms with van der Waals surface area (Å²) in [4.78, 5) is 26.6. The molecule has 0 aromatic heterocycles. The van der Waals surface area contributed by atoms with Gasteiger partial charge in [0.2, 0.25) is 11.8 Å². The Balaban J connectivity index is 1.43. The maximum absolute atomic E-state index is 12.3. The molecule has 136 valence electrons. The second-order valence-corrected chi connectivity index (χ2v) is 6.82. The van der Waals surface area contributed by atoms with E-state index in [2.05, 4.69) is 15.5 Å². The van der Waals surface area contributed by atoms with Crippen LogP contribution in [0.5, 0.6) is 0 Å². The van der Waals surface area contributed by atoms with Crippen LogP contribution in [0.4, 0.5) is 11.4 Å². The summed E-state index contributed by atoms with van der Waals surface area (Å²) in [5.41, 5.74) is 1.99. The molecule has 2 amide bonds. The van der Waals surface area contributed by atoms with Crippen molar-refractivity contribution in [2.45, 2.75) is 25.7 Å². The molecule has 2 atom stereocenters. The van der Waals surface area contributed by atoms with Gasteiger partial charge in [-0.05, 0) is 49.9 Å². The maximum atomic E-state index is 12.3. The topological polar surface area (TPSA) is 70.7 Å². The first-order chi connectivity index (χ1) is 12.2. The van der Waals surface area contributed by atoms with E-state index in [1.165, 1.54) is 18.5 Å². The number of ether oxygens (including phenoxy) is 1. The largest absolute Gasteiger partial charge is 0.385 e. The van der Waals surface area contributed by atoms with Crippen LogP contribution in [0.2, 0.25) is 0 Å². The highest BCUT2D eigenvalue weighted by Crippen LogP contribution is 2.39. The van der Waals surface area contributed by atoms with Gasteiger partial charge in [-0.15, -0.1) is 0 Å². The van der Waals surface area contributed by atoms with E-state index in [0.717, 1.165) is 25.2 Å². The first kappa shape index (κ1) is 17.7. The fourth-order valence-electron chi connectivity index (χ4n) is 3.30.